The van der Waals surface area contributed by atoms with Gasteiger partial charge in [0.2, 0.25) is 0 Å². The van der Waals surface area contributed by atoms with Crippen LogP contribution < -0.4 is 9.47 Å². The van der Waals surface area contributed by atoms with E-state index in [1.165, 1.54) is 12.1 Å². The summed E-state index contributed by atoms with van der Waals surface area (Å²) in [4.78, 5) is 25.3. The van der Waals surface area contributed by atoms with Crippen LogP contribution in [-0.4, -0.2) is 11.9 Å². The molecule has 0 aliphatic rings. The molecule has 4 nitrogen and oxygen atoms in total. The summed E-state index contributed by atoms with van der Waals surface area (Å²) in [7, 11) is 0. The molecule has 4 rings (SSSR count). The molecule has 0 radical (unpaired) electrons. The lowest BCUT2D eigenvalue weighted by molar-refractivity contribution is -0.139. The smallest absolute Gasteiger partial charge is 0.314 e. The van der Waals surface area contributed by atoms with E-state index in [0.29, 0.717) is 35.1 Å². The number of esters is 2. The fourth-order valence-electron chi connectivity index (χ4n) is 4.00. The van der Waals surface area contributed by atoms with Crippen molar-refractivity contribution in [1.82, 2.24) is 0 Å². The van der Waals surface area contributed by atoms with Crippen molar-refractivity contribution in [2.45, 2.75) is 40.5 Å². The normalized spacial score (nSPS) is 12.7. The number of fused-ring (bicyclic) bond motifs is 1. The van der Waals surface area contributed by atoms with Gasteiger partial charge in [-0.05, 0) is 59.4 Å². The molecule has 5 heteroatoms. The fraction of sp³-hybridized carbons (Fsp3) is 0.250. The summed E-state index contributed by atoms with van der Waals surface area (Å²) < 4.78 is 25.0. The minimum absolute atomic E-state index is 0.236. The monoisotopic (exact) mass is 498 g/mol. The Morgan fingerprint density at radius 3 is 1.73 bits per heavy atom. The van der Waals surface area contributed by atoms with Gasteiger partial charge in [-0.15, -0.1) is 0 Å². The van der Waals surface area contributed by atoms with Crippen LogP contribution in [0.15, 0.2) is 78.9 Å². The highest BCUT2D eigenvalue weighted by molar-refractivity contribution is 6.05. The van der Waals surface area contributed by atoms with Crippen LogP contribution in [0.2, 0.25) is 0 Å². The first kappa shape index (κ1) is 26.1. The van der Waals surface area contributed by atoms with E-state index >= 15 is 0 Å². The predicted octanol–water partition coefficient (Wildman–Crippen LogP) is 8.22. The Balaban J connectivity index is 1.82. The first-order valence-electron chi connectivity index (χ1n) is 12.7. The number of halogens is 1. The van der Waals surface area contributed by atoms with Gasteiger partial charge in [0.25, 0.3) is 0 Å². The van der Waals surface area contributed by atoms with Crippen LogP contribution in [0.1, 0.15) is 40.5 Å². The molecule has 4 aromatic carbocycles. The maximum atomic E-state index is 13.3. The third kappa shape index (κ3) is 5.72. The topological polar surface area (TPSA) is 52.6 Å². The minimum atomic E-state index is -0.311. The molecule has 2 atom stereocenters. The van der Waals surface area contributed by atoms with Gasteiger partial charge in [0.15, 0.2) is 0 Å². The van der Waals surface area contributed by atoms with E-state index in [2.05, 4.69) is 0 Å². The molecular formula is C32H31FO4. The highest BCUT2D eigenvalue weighted by atomic mass is 19.1. The first-order valence-corrected chi connectivity index (χ1v) is 12.7. The molecule has 2 unspecified atom stereocenters. The second kappa shape index (κ2) is 11.4. The third-order valence-corrected chi connectivity index (χ3v) is 6.79. The Morgan fingerprint density at radius 1 is 0.676 bits per heavy atom. The highest BCUT2D eigenvalue weighted by Gasteiger charge is 2.21. The fourth-order valence-corrected chi connectivity index (χ4v) is 4.00. The van der Waals surface area contributed by atoms with Gasteiger partial charge in [0.05, 0.1) is 11.8 Å². The maximum Gasteiger partial charge on any atom is 0.314 e. The molecule has 0 N–H and O–H groups in total. The summed E-state index contributed by atoms with van der Waals surface area (Å²) in [5.74, 6) is -0.534. The van der Waals surface area contributed by atoms with Crippen molar-refractivity contribution in [2.75, 3.05) is 0 Å². The van der Waals surface area contributed by atoms with Gasteiger partial charge < -0.3 is 9.47 Å². The van der Waals surface area contributed by atoms with Crippen LogP contribution >= 0.6 is 0 Å². The summed E-state index contributed by atoms with van der Waals surface area (Å²) in [6, 6.07) is 23.4. The van der Waals surface area contributed by atoms with Crippen LogP contribution in [0, 0.1) is 17.7 Å². The highest BCUT2D eigenvalue weighted by Crippen LogP contribution is 2.41. The zero-order chi connectivity index (χ0) is 26.5. The Bertz CT molecular complexity index is 1410. The van der Waals surface area contributed by atoms with Crippen LogP contribution in [-0.2, 0) is 9.59 Å². The molecule has 0 aromatic heterocycles. The molecule has 0 saturated heterocycles. The number of hydrogen-bond donors (Lipinski definition) is 0. The number of carbonyl (C=O) groups is 2. The van der Waals surface area contributed by atoms with Gasteiger partial charge in [-0.3, -0.25) is 9.59 Å². The Morgan fingerprint density at radius 2 is 1.16 bits per heavy atom. The van der Waals surface area contributed by atoms with Crippen molar-refractivity contribution in [3.05, 3.63) is 84.7 Å². The average molecular weight is 499 g/mol. The molecule has 0 aliphatic heterocycles. The Kier molecular flexibility index (Phi) is 8.02. The van der Waals surface area contributed by atoms with Crippen molar-refractivity contribution < 1.29 is 23.5 Å². The second-order valence-electron chi connectivity index (χ2n) is 9.33. The molecule has 4 aromatic rings. The lowest BCUT2D eigenvalue weighted by atomic mass is 9.95. The van der Waals surface area contributed by atoms with Crippen molar-refractivity contribution in [3.63, 3.8) is 0 Å². The number of rotatable bonds is 8. The van der Waals surface area contributed by atoms with Gasteiger partial charge in [-0.25, -0.2) is 4.39 Å². The summed E-state index contributed by atoms with van der Waals surface area (Å²) >= 11 is 0. The van der Waals surface area contributed by atoms with Crippen molar-refractivity contribution in [1.29, 1.82) is 0 Å². The van der Waals surface area contributed by atoms with E-state index in [0.717, 1.165) is 22.3 Å². The van der Waals surface area contributed by atoms with Crippen LogP contribution in [0.3, 0.4) is 0 Å². The van der Waals surface area contributed by atoms with Gasteiger partial charge >= 0.3 is 11.9 Å². The second-order valence-corrected chi connectivity index (χ2v) is 9.33. The lowest BCUT2D eigenvalue weighted by Gasteiger charge is -2.17. The molecule has 190 valence electrons. The zero-order valence-corrected chi connectivity index (χ0v) is 21.6. The summed E-state index contributed by atoms with van der Waals surface area (Å²) in [5.41, 5.74) is 3.61. The van der Waals surface area contributed by atoms with Crippen LogP contribution in [0.5, 0.6) is 11.5 Å². The maximum absolute atomic E-state index is 13.3. The zero-order valence-electron chi connectivity index (χ0n) is 21.6. The molecule has 0 bridgehead atoms. The Labute approximate surface area is 217 Å². The summed E-state index contributed by atoms with van der Waals surface area (Å²) in [6.45, 7) is 7.55. The van der Waals surface area contributed by atoms with E-state index in [4.69, 9.17) is 9.47 Å². The van der Waals surface area contributed by atoms with E-state index in [1.807, 2.05) is 70.2 Å². The standard InChI is InChI=1S/C32H31FO4/c1-5-20(3)31(34)36-28-18-19-29(37-32(35)21(4)6-2)30-26(8-7-9-27(28)30)24-12-10-22(11-13-24)23-14-16-25(33)17-15-23/h7-21H,5-6H2,1-4H3. The number of hydrogen-bond acceptors (Lipinski definition) is 4. The molecule has 0 amide bonds. The van der Waals surface area contributed by atoms with Crippen LogP contribution in [0.25, 0.3) is 33.0 Å². The van der Waals surface area contributed by atoms with Crippen molar-refractivity contribution >= 4 is 22.7 Å². The lowest BCUT2D eigenvalue weighted by Crippen LogP contribution is -2.18. The molecular weight excluding hydrogens is 467 g/mol. The molecule has 0 fully saturated rings. The number of ether oxygens (including phenoxy) is 2. The number of benzene rings is 4. The van der Waals surface area contributed by atoms with Crippen molar-refractivity contribution in [2.24, 2.45) is 11.8 Å². The van der Waals surface area contributed by atoms with Gasteiger partial charge in [-0.2, -0.15) is 0 Å². The van der Waals surface area contributed by atoms with Crippen molar-refractivity contribution in [3.8, 4) is 33.8 Å². The van der Waals surface area contributed by atoms with Crippen LogP contribution in [0.4, 0.5) is 4.39 Å². The van der Waals surface area contributed by atoms with E-state index in [-0.39, 0.29) is 29.6 Å². The minimum Gasteiger partial charge on any atom is -0.426 e. The molecule has 0 aliphatic carbocycles. The first-order chi connectivity index (χ1) is 17.8. The van der Waals surface area contributed by atoms with E-state index in [1.54, 1.807) is 24.3 Å². The molecule has 0 spiro atoms. The number of carbonyl (C=O) groups excluding carboxylic acids is 2. The molecule has 37 heavy (non-hydrogen) atoms. The average Bonchev–Trinajstić information content (AvgIpc) is 2.93. The van der Waals surface area contributed by atoms with E-state index in [9.17, 15) is 14.0 Å². The summed E-state index contributed by atoms with van der Waals surface area (Å²) in [6.07, 6.45) is 1.34. The quantitative estimate of drug-likeness (QED) is 0.181. The Hall–Kier alpha value is -3.99. The molecule has 0 heterocycles. The van der Waals surface area contributed by atoms with Gasteiger partial charge in [-0.1, -0.05) is 82.3 Å². The van der Waals surface area contributed by atoms with Gasteiger partial charge in [0.1, 0.15) is 17.3 Å². The largest absolute Gasteiger partial charge is 0.426 e. The predicted molar refractivity (Wildman–Crippen MR) is 145 cm³/mol. The summed E-state index contributed by atoms with van der Waals surface area (Å²) in [5, 5.41) is 1.38. The molecule has 0 saturated carbocycles. The van der Waals surface area contributed by atoms with E-state index < -0.39 is 0 Å². The SMILES string of the molecule is CCC(C)C(=O)Oc1ccc(OC(=O)C(C)CC)c2c(-c3ccc(-c4ccc(F)cc4)cc3)cccc12. The third-order valence-electron chi connectivity index (χ3n) is 6.79. The van der Waals surface area contributed by atoms with Gasteiger partial charge in [0, 0.05) is 10.8 Å².